The molecule has 0 aromatic carbocycles. The molecule has 0 fully saturated rings. The van der Waals surface area contributed by atoms with Gasteiger partial charge in [0, 0.05) is 32.8 Å². The lowest BCUT2D eigenvalue weighted by Gasteiger charge is -2.36. The molecular weight excluding hydrogens is 264 g/mol. The average Bonchev–Trinajstić information content (AvgIpc) is 2.42. The van der Waals surface area contributed by atoms with E-state index in [0.29, 0.717) is 18.5 Å². The van der Waals surface area contributed by atoms with Crippen molar-refractivity contribution in [3.63, 3.8) is 0 Å². The molecular formula is C16H30N4O. The maximum atomic E-state index is 5.18. The van der Waals surface area contributed by atoms with Crippen molar-refractivity contribution in [2.45, 2.75) is 53.7 Å². The number of nitrogens with zero attached hydrogens (tertiary/aromatic N) is 3. The summed E-state index contributed by atoms with van der Waals surface area (Å²) < 4.78 is 5.18. The second kappa shape index (κ2) is 7.59. The van der Waals surface area contributed by atoms with Crippen molar-refractivity contribution < 1.29 is 4.74 Å². The average molecular weight is 294 g/mol. The largest absolute Gasteiger partial charge is 0.377 e. The Morgan fingerprint density at radius 2 is 2.00 bits per heavy atom. The Morgan fingerprint density at radius 3 is 2.52 bits per heavy atom. The molecule has 1 heterocycles. The molecule has 0 spiro atoms. The molecule has 0 saturated carbocycles. The molecule has 1 aromatic heterocycles. The van der Waals surface area contributed by atoms with E-state index in [0.717, 1.165) is 24.6 Å². The minimum atomic E-state index is 0.179. The zero-order valence-corrected chi connectivity index (χ0v) is 14.5. The molecule has 0 aliphatic heterocycles. The molecule has 1 aromatic rings. The van der Waals surface area contributed by atoms with E-state index in [9.17, 15) is 0 Å². The van der Waals surface area contributed by atoms with E-state index in [1.54, 1.807) is 7.11 Å². The number of aromatic nitrogens is 2. The van der Waals surface area contributed by atoms with Crippen LogP contribution >= 0.6 is 0 Å². The van der Waals surface area contributed by atoms with E-state index in [4.69, 9.17) is 4.74 Å². The maximum absolute atomic E-state index is 5.18. The predicted octanol–water partition coefficient (Wildman–Crippen LogP) is 3.32. The Bertz CT molecular complexity index is 442. The van der Waals surface area contributed by atoms with E-state index < -0.39 is 0 Å². The Morgan fingerprint density at radius 1 is 1.33 bits per heavy atom. The van der Waals surface area contributed by atoms with Crippen LogP contribution in [0.25, 0.3) is 0 Å². The fourth-order valence-electron chi connectivity index (χ4n) is 1.98. The quantitative estimate of drug-likeness (QED) is 0.836. The highest BCUT2D eigenvalue weighted by Crippen LogP contribution is 2.27. The molecule has 0 radical (unpaired) electrons. The highest BCUT2D eigenvalue weighted by atomic mass is 16.5. The molecule has 120 valence electrons. The van der Waals surface area contributed by atoms with Crippen LogP contribution in [0.1, 0.15) is 46.9 Å². The Hall–Kier alpha value is -1.36. The standard InChI is InChI=1S/C16H30N4O/c1-8-9-17-13-10-15(19-14(18-13)11-21-7)20(6)12(2)16(3,4)5/h10,12H,8-9,11H2,1-7H3,(H,17,18,19). The fourth-order valence-corrected chi connectivity index (χ4v) is 1.98. The first-order valence-electron chi connectivity index (χ1n) is 7.63. The van der Waals surface area contributed by atoms with Gasteiger partial charge in [0.15, 0.2) is 5.82 Å². The smallest absolute Gasteiger partial charge is 0.158 e. The van der Waals surface area contributed by atoms with E-state index in [1.807, 2.05) is 6.07 Å². The molecule has 1 rings (SSSR count). The molecule has 0 saturated heterocycles. The summed E-state index contributed by atoms with van der Waals surface area (Å²) in [5.74, 6) is 2.50. The van der Waals surface area contributed by atoms with E-state index in [2.05, 4.69) is 61.9 Å². The van der Waals surface area contributed by atoms with Crippen LogP contribution in [-0.2, 0) is 11.3 Å². The number of rotatable bonds is 7. The Balaban J connectivity index is 3.06. The minimum absolute atomic E-state index is 0.179. The number of hydrogen-bond donors (Lipinski definition) is 1. The first-order chi connectivity index (χ1) is 9.79. The summed E-state index contributed by atoms with van der Waals surface area (Å²) in [5.41, 5.74) is 0.179. The normalized spacial score (nSPS) is 13.1. The van der Waals surface area contributed by atoms with Crippen molar-refractivity contribution in [3.05, 3.63) is 11.9 Å². The van der Waals surface area contributed by atoms with Gasteiger partial charge in [-0.05, 0) is 18.8 Å². The zero-order valence-electron chi connectivity index (χ0n) is 14.5. The van der Waals surface area contributed by atoms with Gasteiger partial charge in [0.2, 0.25) is 0 Å². The van der Waals surface area contributed by atoms with E-state index in [-0.39, 0.29) is 5.41 Å². The van der Waals surface area contributed by atoms with Crippen LogP contribution in [0.4, 0.5) is 11.6 Å². The lowest BCUT2D eigenvalue weighted by Crippen LogP contribution is -2.40. The third-order valence-electron chi connectivity index (χ3n) is 3.78. The highest BCUT2D eigenvalue weighted by molar-refractivity contribution is 5.49. The molecule has 5 heteroatoms. The number of hydrogen-bond acceptors (Lipinski definition) is 5. The second-order valence-electron chi connectivity index (χ2n) is 6.54. The van der Waals surface area contributed by atoms with Gasteiger partial charge in [-0.15, -0.1) is 0 Å². The van der Waals surface area contributed by atoms with Gasteiger partial charge >= 0.3 is 0 Å². The lowest BCUT2D eigenvalue weighted by atomic mass is 9.87. The molecule has 0 aliphatic rings. The van der Waals surface area contributed by atoms with Crippen LogP contribution in [0.5, 0.6) is 0 Å². The molecule has 5 nitrogen and oxygen atoms in total. The van der Waals surface area contributed by atoms with Crippen molar-refractivity contribution >= 4 is 11.6 Å². The fraction of sp³-hybridized carbons (Fsp3) is 0.750. The summed E-state index contributed by atoms with van der Waals surface area (Å²) in [6.45, 7) is 12.4. The predicted molar refractivity (Wildman–Crippen MR) is 88.8 cm³/mol. The molecule has 0 amide bonds. The summed E-state index contributed by atoms with van der Waals surface area (Å²) in [4.78, 5) is 11.3. The van der Waals surface area contributed by atoms with Gasteiger partial charge in [0.05, 0.1) is 0 Å². The van der Waals surface area contributed by atoms with Gasteiger partial charge in [-0.25, -0.2) is 9.97 Å². The number of methoxy groups -OCH3 is 1. The van der Waals surface area contributed by atoms with E-state index >= 15 is 0 Å². The molecule has 0 aliphatic carbocycles. The summed E-state index contributed by atoms with van der Waals surface area (Å²) in [6.07, 6.45) is 1.06. The molecule has 1 N–H and O–H groups in total. The summed E-state index contributed by atoms with van der Waals surface area (Å²) in [5, 5.41) is 3.33. The number of ether oxygens (including phenoxy) is 1. The van der Waals surface area contributed by atoms with Crippen LogP contribution in [-0.4, -0.2) is 36.7 Å². The topological polar surface area (TPSA) is 50.3 Å². The maximum Gasteiger partial charge on any atom is 0.158 e. The van der Waals surface area contributed by atoms with Gasteiger partial charge < -0.3 is 15.0 Å². The zero-order chi connectivity index (χ0) is 16.0. The van der Waals surface area contributed by atoms with Crippen LogP contribution < -0.4 is 10.2 Å². The molecule has 1 atom stereocenters. The first-order valence-corrected chi connectivity index (χ1v) is 7.63. The van der Waals surface area contributed by atoms with Crippen LogP contribution in [0.3, 0.4) is 0 Å². The number of nitrogens with one attached hydrogen (secondary N) is 1. The Kier molecular flexibility index (Phi) is 6.40. The minimum Gasteiger partial charge on any atom is -0.377 e. The molecule has 1 unspecified atom stereocenters. The second-order valence-corrected chi connectivity index (χ2v) is 6.54. The van der Waals surface area contributed by atoms with Crippen LogP contribution in [0.2, 0.25) is 0 Å². The van der Waals surface area contributed by atoms with Crippen molar-refractivity contribution in [1.82, 2.24) is 9.97 Å². The lowest BCUT2D eigenvalue weighted by molar-refractivity contribution is 0.178. The monoisotopic (exact) mass is 294 g/mol. The third kappa shape index (κ3) is 5.16. The van der Waals surface area contributed by atoms with Gasteiger partial charge in [-0.1, -0.05) is 27.7 Å². The molecule has 21 heavy (non-hydrogen) atoms. The van der Waals surface area contributed by atoms with Crippen molar-refractivity contribution in [1.29, 1.82) is 0 Å². The highest BCUT2D eigenvalue weighted by Gasteiger charge is 2.25. The van der Waals surface area contributed by atoms with E-state index in [1.165, 1.54) is 0 Å². The van der Waals surface area contributed by atoms with Crippen LogP contribution in [0.15, 0.2) is 6.07 Å². The first kappa shape index (κ1) is 17.7. The van der Waals surface area contributed by atoms with Crippen molar-refractivity contribution in [2.24, 2.45) is 5.41 Å². The van der Waals surface area contributed by atoms with Gasteiger partial charge in [-0.3, -0.25) is 0 Å². The van der Waals surface area contributed by atoms with Gasteiger partial charge in [0.25, 0.3) is 0 Å². The van der Waals surface area contributed by atoms with Crippen LogP contribution in [0, 0.1) is 5.41 Å². The summed E-state index contributed by atoms with van der Waals surface area (Å²) in [7, 11) is 3.75. The van der Waals surface area contributed by atoms with Crippen molar-refractivity contribution in [2.75, 3.05) is 30.9 Å². The third-order valence-corrected chi connectivity index (χ3v) is 3.78. The Labute approximate surface area is 129 Å². The SMILES string of the molecule is CCCNc1cc(N(C)C(C)C(C)(C)C)nc(COC)n1. The number of anilines is 2. The van der Waals surface area contributed by atoms with Crippen molar-refractivity contribution in [3.8, 4) is 0 Å². The summed E-state index contributed by atoms with van der Waals surface area (Å²) in [6, 6.07) is 2.37. The van der Waals surface area contributed by atoms with Gasteiger partial charge in [0.1, 0.15) is 18.2 Å². The summed E-state index contributed by atoms with van der Waals surface area (Å²) >= 11 is 0. The molecule has 0 bridgehead atoms. The van der Waals surface area contributed by atoms with Gasteiger partial charge in [-0.2, -0.15) is 0 Å².